The van der Waals surface area contributed by atoms with Gasteiger partial charge in [-0.25, -0.2) is 8.42 Å². The number of hydrogen-bond acceptors (Lipinski definition) is 6. The average Bonchev–Trinajstić information content (AvgIpc) is 2.73. The van der Waals surface area contributed by atoms with Crippen molar-refractivity contribution in [2.24, 2.45) is 0 Å². The van der Waals surface area contributed by atoms with E-state index in [1.807, 2.05) is 18.2 Å². The summed E-state index contributed by atoms with van der Waals surface area (Å²) in [6, 6.07) is 10.1. The van der Waals surface area contributed by atoms with E-state index in [0.717, 1.165) is 16.8 Å². The van der Waals surface area contributed by atoms with Crippen LogP contribution < -0.4 is 10.6 Å². The van der Waals surface area contributed by atoms with Crippen molar-refractivity contribution >= 4 is 33.0 Å². The second kappa shape index (κ2) is 8.80. The Morgan fingerprint density at radius 2 is 1.90 bits per heavy atom. The van der Waals surface area contributed by atoms with Gasteiger partial charge in [0.25, 0.3) is 5.69 Å². The van der Waals surface area contributed by atoms with E-state index in [9.17, 15) is 23.3 Å². The van der Waals surface area contributed by atoms with Crippen LogP contribution in [0.1, 0.15) is 23.6 Å². The molecule has 0 atom stereocenters. The second-order valence-corrected chi connectivity index (χ2v) is 9.29. The maximum atomic E-state index is 12.4. The Hall–Kier alpha value is -2.98. The molecule has 0 aromatic heterocycles. The fourth-order valence-corrected chi connectivity index (χ4v) is 4.57. The maximum absolute atomic E-state index is 12.4. The molecule has 0 saturated heterocycles. The van der Waals surface area contributed by atoms with Gasteiger partial charge in [0.15, 0.2) is 0 Å². The lowest BCUT2D eigenvalue weighted by Crippen LogP contribution is -2.37. The molecule has 2 N–H and O–H groups in total. The lowest BCUT2D eigenvalue weighted by atomic mass is 9.99. The lowest BCUT2D eigenvalue weighted by molar-refractivity contribution is -0.385. The van der Waals surface area contributed by atoms with Gasteiger partial charge in [-0.2, -0.15) is 4.31 Å². The number of carbonyl (C=O) groups excluding carboxylic acids is 1. The smallest absolute Gasteiger partial charge is 0.274 e. The van der Waals surface area contributed by atoms with E-state index in [0.29, 0.717) is 30.8 Å². The number of nitrogens with one attached hydrogen (secondary N) is 2. The molecule has 9 nitrogen and oxygen atoms in total. The maximum Gasteiger partial charge on any atom is 0.274 e. The molecular formula is C20H24N4O5S. The van der Waals surface area contributed by atoms with Crippen molar-refractivity contribution in [1.29, 1.82) is 0 Å². The van der Waals surface area contributed by atoms with Crippen LogP contribution in [-0.2, 0) is 27.8 Å². The van der Waals surface area contributed by atoms with Gasteiger partial charge in [0.05, 0.1) is 28.5 Å². The number of rotatable bonds is 7. The van der Waals surface area contributed by atoms with Gasteiger partial charge >= 0.3 is 0 Å². The van der Waals surface area contributed by atoms with Gasteiger partial charge < -0.3 is 10.6 Å². The van der Waals surface area contributed by atoms with Crippen LogP contribution >= 0.6 is 0 Å². The molecule has 1 heterocycles. The molecule has 0 radical (unpaired) electrons. The molecule has 2 aromatic carbocycles. The fraction of sp³-hybridized carbons (Fsp3) is 0.350. The van der Waals surface area contributed by atoms with E-state index in [-0.39, 0.29) is 23.9 Å². The number of nitro benzene ring substituents is 1. The van der Waals surface area contributed by atoms with Gasteiger partial charge in [-0.1, -0.05) is 18.2 Å². The summed E-state index contributed by atoms with van der Waals surface area (Å²) < 4.78 is 25.8. The molecule has 0 fully saturated rings. The lowest BCUT2D eigenvalue weighted by Gasteiger charge is -2.29. The van der Waals surface area contributed by atoms with E-state index in [2.05, 4.69) is 10.6 Å². The monoisotopic (exact) mass is 432 g/mol. The van der Waals surface area contributed by atoms with Crippen molar-refractivity contribution in [1.82, 2.24) is 4.31 Å². The number of nitrogens with zero attached hydrogens (tertiary/aromatic N) is 2. The minimum absolute atomic E-state index is 0.0183. The summed E-state index contributed by atoms with van der Waals surface area (Å²) in [6.07, 6.45) is 0.559. The minimum atomic E-state index is -3.25. The molecule has 160 valence electrons. The quantitative estimate of drug-likeness (QED) is 0.512. The van der Waals surface area contributed by atoms with Crippen molar-refractivity contribution in [3.8, 4) is 0 Å². The molecule has 1 amide bonds. The Kier molecular flexibility index (Phi) is 6.37. The first kappa shape index (κ1) is 21.7. The summed E-state index contributed by atoms with van der Waals surface area (Å²) >= 11 is 0. The number of amides is 1. The molecule has 0 bridgehead atoms. The number of anilines is 2. The van der Waals surface area contributed by atoms with Crippen LogP contribution in [0.15, 0.2) is 36.4 Å². The van der Waals surface area contributed by atoms with Crippen LogP contribution in [-0.4, -0.2) is 42.4 Å². The number of sulfonamides is 1. The molecule has 30 heavy (non-hydrogen) atoms. The van der Waals surface area contributed by atoms with Gasteiger partial charge in [-0.3, -0.25) is 14.9 Å². The van der Waals surface area contributed by atoms with Crippen LogP contribution in [0.3, 0.4) is 0 Å². The van der Waals surface area contributed by atoms with Crippen molar-refractivity contribution in [2.45, 2.75) is 26.8 Å². The van der Waals surface area contributed by atoms with Gasteiger partial charge in [-0.05, 0) is 43.5 Å². The molecule has 1 aliphatic rings. The largest absolute Gasteiger partial charge is 0.376 e. The Bertz CT molecular complexity index is 1080. The van der Waals surface area contributed by atoms with E-state index in [4.69, 9.17) is 0 Å². The zero-order valence-electron chi connectivity index (χ0n) is 16.8. The number of nitro groups is 1. The predicted octanol–water partition coefficient (Wildman–Crippen LogP) is 2.66. The highest BCUT2D eigenvalue weighted by Crippen LogP contribution is 2.28. The Morgan fingerprint density at radius 1 is 1.20 bits per heavy atom. The third-order valence-corrected chi connectivity index (χ3v) is 7.03. The van der Waals surface area contributed by atoms with E-state index >= 15 is 0 Å². The van der Waals surface area contributed by atoms with Crippen LogP contribution in [0.4, 0.5) is 17.1 Å². The zero-order chi connectivity index (χ0) is 21.9. The van der Waals surface area contributed by atoms with Crippen LogP contribution in [0.5, 0.6) is 0 Å². The highest BCUT2D eigenvalue weighted by molar-refractivity contribution is 7.89. The SMILES string of the molecule is CCS(=O)(=O)N1CCc2c(cccc2NCC(=O)Nc2cccc([N+](=O)[O-])c2C)C1. The summed E-state index contributed by atoms with van der Waals surface area (Å²) in [5, 5.41) is 16.9. The topological polar surface area (TPSA) is 122 Å². The van der Waals surface area contributed by atoms with Gasteiger partial charge in [-0.15, -0.1) is 0 Å². The van der Waals surface area contributed by atoms with E-state index in [1.165, 1.54) is 16.4 Å². The Balaban J connectivity index is 1.68. The molecule has 10 heteroatoms. The number of carbonyl (C=O) groups is 1. The summed E-state index contributed by atoms with van der Waals surface area (Å²) in [5.41, 5.74) is 3.44. The molecule has 1 aliphatic heterocycles. The normalized spacial score (nSPS) is 14.1. The summed E-state index contributed by atoms with van der Waals surface area (Å²) in [4.78, 5) is 22.9. The first-order chi connectivity index (χ1) is 14.2. The van der Waals surface area contributed by atoms with Crippen molar-refractivity contribution in [2.75, 3.05) is 29.5 Å². The second-order valence-electron chi connectivity index (χ2n) is 7.04. The highest BCUT2D eigenvalue weighted by atomic mass is 32.2. The minimum Gasteiger partial charge on any atom is -0.376 e. The van der Waals surface area contributed by atoms with Gasteiger partial charge in [0.2, 0.25) is 15.9 Å². The molecule has 3 rings (SSSR count). The Morgan fingerprint density at radius 3 is 2.60 bits per heavy atom. The summed E-state index contributed by atoms with van der Waals surface area (Å²) in [7, 11) is -3.25. The van der Waals surface area contributed by atoms with Crippen molar-refractivity contribution in [3.05, 3.63) is 63.2 Å². The fourth-order valence-electron chi connectivity index (χ4n) is 3.50. The standard InChI is InChI=1S/C20H24N4O5S/c1-3-30(28,29)23-11-10-16-15(13-23)6-4-8-18(16)21-12-20(25)22-17-7-5-9-19(14(17)2)24(26)27/h4-9,21H,3,10-13H2,1-2H3,(H,22,25). The highest BCUT2D eigenvalue weighted by Gasteiger charge is 2.26. The van der Waals surface area contributed by atoms with E-state index < -0.39 is 14.9 Å². The number of fused-ring (bicyclic) bond motifs is 1. The molecule has 0 spiro atoms. The third-order valence-electron chi connectivity index (χ3n) is 5.20. The summed E-state index contributed by atoms with van der Waals surface area (Å²) in [5.74, 6) is -0.264. The number of hydrogen-bond donors (Lipinski definition) is 2. The average molecular weight is 433 g/mol. The van der Waals surface area contributed by atoms with Crippen molar-refractivity contribution in [3.63, 3.8) is 0 Å². The van der Waals surface area contributed by atoms with E-state index in [1.54, 1.807) is 19.9 Å². The molecule has 2 aromatic rings. The molecule has 0 unspecified atom stereocenters. The first-order valence-corrected chi connectivity index (χ1v) is 11.2. The molecule has 0 aliphatic carbocycles. The third kappa shape index (κ3) is 4.60. The summed E-state index contributed by atoms with van der Waals surface area (Å²) in [6.45, 7) is 3.92. The van der Waals surface area contributed by atoms with Gasteiger partial charge in [0.1, 0.15) is 0 Å². The van der Waals surface area contributed by atoms with Crippen LogP contribution in [0.2, 0.25) is 0 Å². The first-order valence-electron chi connectivity index (χ1n) is 9.59. The molecular weight excluding hydrogens is 408 g/mol. The van der Waals surface area contributed by atoms with Crippen LogP contribution in [0, 0.1) is 17.0 Å². The van der Waals surface area contributed by atoms with Gasteiger partial charge in [0, 0.05) is 24.8 Å². The van der Waals surface area contributed by atoms with Crippen molar-refractivity contribution < 1.29 is 18.1 Å². The Labute approximate surface area is 175 Å². The molecule has 0 saturated carbocycles. The number of benzene rings is 2. The predicted molar refractivity (Wildman–Crippen MR) is 115 cm³/mol. The van der Waals surface area contributed by atoms with Crippen LogP contribution in [0.25, 0.3) is 0 Å². The zero-order valence-corrected chi connectivity index (χ0v) is 17.7.